The minimum absolute atomic E-state index is 0.133. The second-order valence-corrected chi connectivity index (χ2v) is 3.57. The highest BCUT2D eigenvalue weighted by molar-refractivity contribution is 5.81. The Kier molecular flexibility index (Phi) is 9.07. The van der Waals surface area contributed by atoms with Crippen LogP contribution in [0.1, 0.15) is 45.4 Å². The Bertz CT molecular complexity index is 193. The molecular weight excluding hydrogens is 192 g/mol. The van der Waals surface area contributed by atoms with E-state index >= 15 is 0 Å². The van der Waals surface area contributed by atoms with Gasteiger partial charge in [0.1, 0.15) is 0 Å². The molecule has 0 radical (unpaired) electrons. The number of rotatable bonds is 9. The van der Waals surface area contributed by atoms with Crippen LogP contribution in [0, 0.1) is 5.41 Å². The van der Waals surface area contributed by atoms with E-state index in [1.54, 1.807) is 0 Å². The first-order valence-electron chi connectivity index (χ1n) is 5.62. The number of carbonyl (C=O) groups excluding carboxylic acids is 1. The Labute approximate surface area is 91.7 Å². The standard InChI is InChI=1S/C11H22N2O2/c1-2-5-11(14)15-9-4-7-10(13)6-3-8-12/h13H,2-9,12H2,1H3. The predicted molar refractivity (Wildman–Crippen MR) is 61.1 cm³/mol. The van der Waals surface area contributed by atoms with Crippen LogP contribution in [0.4, 0.5) is 0 Å². The van der Waals surface area contributed by atoms with E-state index in [1.807, 2.05) is 6.92 Å². The number of carbonyl (C=O) groups is 1. The molecule has 0 spiro atoms. The topological polar surface area (TPSA) is 76.2 Å². The SMILES string of the molecule is CCCC(=O)OCCCC(=N)CCCN. The van der Waals surface area contributed by atoms with Gasteiger partial charge < -0.3 is 15.9 Å². The van der Waals surface area contributed by atoms with Gasteiger partial charge >= 0.3 is 5.97 Å². The summed E-state index contributed by atoms with van der Waals surface area (Å²) in [6.07, 6.45) is 4.40. The summed E-state index contributed by atoms with van der Waals surface area (Å²) in [6.45, 7) is 3.02. The summed E-state index contributed by atoms with van der Waals surface area (Å²) in [5.74, 6) is -0.133. The van der Waals surface area contributed by atoms with Crippen LogP contribution in [0.15, 0.2) is 0 Å². The third-order valence-electron chi connectivity index (χ3n) is 2.02. The van der Waals surface area contributed by atoms with Gasteiger partial charge in [-0.3, -0.25) is 4.79 Å². The van der Waals surface area contributed by atoms with Crippen LogP contribution in [-0.4, -0.2) is 24.8 Å². The van der Waals surface area contributed by atoms with Gasteiger partial charge in [0.05, 0.1) is 6.61 Å². The number of ether oxygens (including phenoxy) is 1. The van der Waals surface area contributed by atoms with Crippen molar-refractivity contribution in [3.05, 3.63) is 0 Å². The Morgan fingerprint density at radius 1 is 1.27 bits per heavy atom. The van der Waals surface area contributed by atoms with Crippen molar-refractivity contribution in [1.82, 2.24) is 0 Å². The van der Waals surface area contributed by atoms with Crippen LogP contribution < -0.4 is 5.73 Å². The molecule has 0 atom stereocenters. The van der Waals surface area contributed by atoms with Crippen molar-refractivity contribution in [2.75, 3.05) is 13.2 Å². The van der Waals surface area contributed by atoms with Crippen molar-refractivity contribution in [3.8, 4) is 0 Å². The molecule has 0 saturated carbocycles. The second kappa shape index (κ2) is 9.65. The molecule has 0 rings (SSSR count). The number of esters is 1. The molecule has 0 heterocycles. The van der Waals surface area contributed by atoms with E-state index in [4.69, 9.17) is 15.9 Å². The maximum Gasteiger partial charge on any atom is 0.305 e. The lowest BCUT2D eigenvalue weighted by atomic mass is 10.1. The van der Waals surface area contributed by atoms with Gasteiger partial charge in [0.25, 0.3) is 0 Å². The third kappa shape index (κ3) is 9.41. The monoisotopic (exact) mass is 214 g/mol. The van der Waals surface area contributed by atoms with Gasteiger partial charge in [-0.1, -0.05) is 6.92 Å². The van der Waals surface area contributed by atoms with Crippen LogP contribution in [0.2, 0.25) is 0 Å². The van der Waals surface area contributed by atoms with Gasteiger partial charge in [0.2, 0.25) is 0 Å². The fourth-order valence-electron chi connectivity index (χ4n) is 1.19. The first-order chi connectivity index (χ1) is 7.20. The minimum Gasteiger partial charge on any atom is -0.466 e. The predicted octanol–water partition coefficient (Wildman–Crippen LogP) is 1.87. The van der Waals surface area contributed by atoms with E-state index in [2.05, 4.69) is 0 Å². The van der Waals surface area contributed by atoms with Gasteiger partial charge in [-0.2, -0.15) is 0 Å². The van der Waals surface area contributed by atoms with Gasteiger partial charge in [0.15, 0.2) is 0 Å². The molecule has 0 unspecified atom stereocenters. The fraction of sp³-hybridized carbons (Fsp3) is 0.818. The number of hydrogen-bond acceptors (Lipinski definition) is 4. The largest absolute Gasteiger partial charge is 0.466 e. The zero-order chi connectivity index (χ0) is 11.5. The van der Waals surface area contributed by atoms with Crippen LogP contribution in [0.5, 0.6) is 0 Å². The maximum atomic E-state index is 11.0. The van der Waals surface area contributed by atoms with Crippen molar-refractivity contribution >= 4 is 11.7 Å². The quantitative estimate of drug-likeness (QED) is 0.349. The average Bonchev–Trinajstić information content (AvgIpc) is 2.22. The summed E-state index contributed by atoms with van der Waals surface area (Å²) in [5.41, 5.74) is 6.04. The summed E-state index contributed by atoms with van der Waals surface area (Å²) in [5, 5.41) is 7.56. The molecule has 4 nitrogen and oxygen atoms in total. The van der Waals surface area contributed by atoms with E-state index < -0.39 is 0 Å². The first-order valence-corrected chi connectivity index (χ1v) is 5.62. The highest BCUT2D eigenvalue weighted by Crippen LogP contribution is 2.00. The van der Waals surface area contributed by atoms with Crippen molar-refractivity contribution in [2.24, 2.45) is 5.73 Å². The van der Waals surface area contributed by atoms with Crippen LogP contribution in [-0.2, 0) is 9.53 Å². The number of hydrogen-bond donors (Lipinski definition) is 2. The molecule has 0 aliphatic rings. The summed E-state index contributed by atoms with van der Waals surface area (Å²) < 4.78 is 4.98. The molecular formula is C11H22N2O2. The lowest BCUT2D eigenvalue weighted by Crippen LogP contribution is -2.08. The Balaban J connectivity index is 3.30. The Hall–Kier alpha value is -0.900. The van der Waals surface area contributed by atoms with Crippen molar-refractivity contribution in [1.29, 1.82) is 5.41 Å². The van der Waals surface area contributed by atoms with Gasteiger partial charge in [-0.05, 0) is 38.6 Å². The van der Waals surface area contributed by atoms with Crippen LogP contribution in [0.3, 0.4) is 0 Å². The summed E-state index contributed by atoms with van der Waals surface area (Å²) in [7, 11) is 0. The molecule has 15 heavy (non-hydrogen) atoms. The molecule has 0 aliphatic heterocycles. The second-order valence-electron chi connectivity index (χ2n) is 3.57. The lowest BCUT2D eigenvalue weighted by Gasteiger charge is -2.04. The molecule has 0 fully saturated rings. The Morgan fingerprint density at radius 3 is 2.53 bits per heavy atom. The molecule has 0 saturated heterocycles. The highest BCUT2D eigenvalue weighted by Gasteiger charge is 2.01. The number of nitrogens with two attached hydrogens (primary N) is 1. The molecule has 0 aromatic rings. The first kappa shape index (κ1) is 14.1. The zero-order valence-corrected chi connectivity index (χ0v) is 9.55. The van der Waals surface area contributed by atoms with Gasteiger partial charge in [-0.25, -0.2) is 0 Å². The normalized spacial score (nSPS) is 10.0. The molecule has 0 amide bonds. The molecule has 88 valence electrons. The van der Waals surface area contributed by atoms with E-state index in [0.29, 0.717) is 31.7 Å². The van der Waals surface area contributed by atoms with Crippen molar-refractivity contribution in [2.45, 2.75) is 45.4 Å². The van der Waals surface area contributed by atoms with E-state index in [-0.39, 0.29) is 5.97 Å². The third-order valence-corrected chi connectivity index (χ3v) is 2.02. The van der Waals surface area contributed by atoms with Gasteiger partial charge in [0, 0.05) is 12.1 Å². The van der Waals surface area contributed by atoms with Gasteiger partial charge in [-0.15, -0.1) is 0 Å². The molecule has 0 aromatic carbocycles. The molecule has 0 bridgehead atoms. The van der Waals surface area contributed by atoms with Crippen LogP contribution in [0.25, 0.3) is 0 Å². The lowest BCUT2D eigenvalue weighted by molar-refractivity contribution is -0.143. The summed E-state index contributed by atoms with van der Waals surface area (Å²) in [4.78, 5) is 11.0. The smallest absolute Gasteiger partial charge is 0.305 e. The van der Waals surface area contributed by atoms with E-state index in [0.717, 1.165) is 25.7 Å². The average molecular weight is 214 g/mol. The Morgan fingerprint density at radius 2 is 1.93 bits per heavy atom. The van der Waals surface area contributed by atoms with Crippen molar-refractivity contribution in [3.63, 3.8) is 0 Å². The van der Waals surface area contributed by atoms with E-state index in [9.17, 15) is 4.79 Å². The van der Waals surface area contributed by atoms with Crippen molar-refractivity contribution < 1.29 is 9.53 Å². The molecule has 3 N–H and O–H groups in total. The maximum absolute atomic E-state index is 11.0. The van der Waals surface area contributed by atoms with E-state index in [1.165, 1.54) is 0 Å². The fourth-order valence-corrected chi connectivity index (χ4v) is 1.19. The minimum atomic E-state index is -0.133. The molecule has 4 heteroatoms. The highest BCUT2D eigenvalue weighted by atomic mass is 16.5. The van der Waals surface area contributed by atoms with Crippen LogP contribution >= 0.6 is 0 Å². The summed E-state index contributed by atoms with van der Waals surface area (Å²) >= 11 is 0. The number of nitrogens with one attached hydrogen (secondary N) is 1. The molecule has 0 aliphatic carbocycles. The molecule has 0 aromatic heterocycles. The summed E-state index contributed by atoms with van der Waals surface area (Å²) in [6, 6.07) is 0. The zero-order valence-electron chi connectivity index (χ0n) is 9.55.